The SMILES string of the molecule is Cc1nc(Nc2ccc(S(=O)(=O)P)cc2)sc1-c1nc(-c2ccccc2)cs1. The molecule has 0 aliphatic carbocycles. The zero-order valence-electron chi connectivity index (χ0n) is 14.8. The maximum atomic E-state index is 11.5. The second-order valence-corrected chi connectivity index (χ2v) is 11.3. The molecule has 2 aromatic heterocycles. The maximum absolute atomic E-state index is 11.5. The van der Waals surface area contributed by atoms with E-state index in [-0.39, 0.29) is 4.90 Å². The van der Waals surface area contributed by atoms with E-state index in [0.717, 1.165) is 37.7 Å². The van der Waals surface area contributed by atoms with Gasteiger partial charge in [-0.2, -0.15) is 0 Å². The molecule has 0 saturated heterocycles. The molecule has 9 heteroatoms. The van der Waals surface area contributed by atoms with E-state index in [4.69, 9.17) is 4.98 Å². The van der Waals surface area contributed by atoms with E-state index < -0.39 is 9.46 Å². The number of benzene rings is 2. The summed E-state index contributed by atoms with van der Waals surface area (Å²) in [6.45, 7) is 1.96. The second kappa shape index (κ2) is 7.72. The second-order valence-electron chi connectivity index (χ2n) is 6.03. The predicted molar refractivity (Wildman–Crippen MR) is 120 cm³/mol. The molecule has 0 saturated carbocycles. The van der Waals surface area contributed by atoms with Gasteiger partial charge in [0.1, 0.15) is 5.01 Å². The van der Waals surface area contributed by atoms with E-state index in [2.05, 4.69) is 15.7 Å². The summed E-state index contributed by atoms with van der Waals surface area (Å²) in [5.41, 5.74) is 3.74. The molecule has 28 heavy (non-hydrogen) atoms. The van der Waals surface area contributed by atoms with Crippen molar-refractivity contribution in [1.82, 2.24) is 9.97 Å². The minimum absolute atomic E-state index is 0.260. The Bertz CT molecular complexity index is 1220. The van der Waals surface area contributed by atoms with Crippen LogP contribution in [0, 0.1) is 6.92 Å². The van der Waals surface area contributed by atoms with Crippen LogP contribution in [0.2, 0.25) is 0 Å². The van der Waals surface area contributed by atoms with Crippen LogP contribution < -0.4 is 5.32 Å². The van der Waals surface area contributed by atoms with Crippen molar-refractivity contribution in [2.75, 3.05) is 5.32 Å². The Morgan fingerprint density at radius 1 is 1.00 bits per heavy atom. The van der Waals surface area contributed by atoms with Gasteiger partial charge in [-0.1, -0.05) is 41.7 Å². The van der Waals surface area contributed by atoms with Gasteiger partial charge < -0.3 is 5.32 Å². The van der Waals surface area contributed by atoms with Crippen molar-refractivity contribution in [2.24, 2.45) is 0 Å². The van der Waals surface area contributed by atoms with Crippen LogP contribution >= 0.6 is 31.1 Å². The van der Waals surface area contributed by atoms with Crippen molar-refractivity contribution < 1.29 is 8.42 Å². The van der Waals surface area contributed by atoms with Crippen LogP contribution in [0.3, 0.4) is 0 Å². The summed E-state index contributed by atoms with van der Waals surface area (Å²) >= 11 is 3.13. The van der Waals surface area contributed by atoms with Crippen molar-refractivity contribution >= 4 is 51.4 Å². The molecule has 2 aromatic carbocycles. The van der Waals surface area contributed by atoms with Crippen LogP contribution in [0.4, 0.5) is 10.8 Å². The van der Waals surface area contributed by atoms with Gasteiger partial charge in [-0.05, 0) is 39.6 Å². The lowest BCUT2D eigenvalue weighted by atomic mass is 10.2. The first-order chi connectivity index (χ1) is 13.4. The Kier molecular flexibility index (Phi) is 5.29. The minimum atomic E-state index is -3.28. The highest BCUT2D eigenvalue weighted by atomic mass is 32.7. The van der Waals surface area contributed by atoms with Crippen LogP contribution in [0.5, 0.6) is 0 Å². The molecule has 0 bridgehead atoms. The lowest BCUT2D eigenvalue weighted by Gasteiger charge is -2.03. The van der Waals surface area contributed by atoms with E-state index in [0.29, 0.717) is 0 Å². The molecule has 5 nitrogen and oxygen atoms in total. The summed E-state index contributed by atoms with van der Waals surface area (Å²) in [5.74, 6) is 0. The molecule has 1 atom stereocenters. The number of aryl methyl sites for hydroxylation is 1. The van der Waals surface area contributed by atoms with Gasteiger partial charge in [-0.15, -0.1) is 11.3 Å². The number of hydrogen-bond donors (Lipinski definition) is 1. The van der Waals surface area contributed by atoms with E-state index in [9.17, 15) is 8.42 Å². The standard InChI is InChI=1S/C19H16N3O2PS3/c1-12-17(18-22-16(11-26-18)13-5-3-2-4-6-13)27-19(20-12)21-14-7-9-15(10-8-14)28(23,24)25/h2-11H,25H2,1H3,(H,20,21). The van der Waals surface area contributed by atoms with Crippen LogP contribution in [-0.2, 0) is 9.46 Å². The van der Waals surface area contributed by atoms with Crippen LogP contribution in [-0.4, -0.2) is 18.4 Å². The summed E-state index contributed by atoms with van der Waals surface area (Å²) < 4.78 is 23.1. The van der Waals surface area contributed by atoms with Crippen molar-refractivity contribution in [1.29, 1.82) is 0 Å². The van der Waals surface area contributed by atoms with E-state index >= 15 is 0 Å². The molecule has 4 aromatic rings. The Hall–Kier alpha value is -2.12. The average Bonchev–Trinajstić information content (AvgIpc) is 3.29. The third-order valence-corrected chi connectivity index (χ3v) is 7.81. The fourth-order valence-electron chi connectivity index (χ4n) is 2.62. The number of aromatic nitrogens is 2. The van der Waals surface area contributed by atoms with Crippen molar-refractivity contribution in [3.63, 3.8) is 0 Å². The molecular weight excluding hydrogens is 429 g/mol. The van der Waals surface area contributed by atoms with E-state index in [1.54, 1.807) is 35.6 Å². The van der Waals surface area contributed by atoms with Crippen LogP contribution in [0.1, 0.15) is 5.69 Å². The van der Waals surface area contributed by atoms with Gasteiger partial charge >= 0.3 is 0 Å². The lowest BCUT2D eigenvalue weighted by molar-refractivity contribution is 0.610. The van der Waals surface area contributed by atoms with Gasteiger partial charge in [0.05, 0.1) is 21.2 Å². The molecule has 0 radical (unpaired) electrons. The van der Waals surface area contributed by atoms with E-state index in [1.807, 2.05) is 45.7 Å². The van der Waals surface area contributed by atoms with Crippen molar-refractivity contribution in [3.8, 4) is 21.1 Å². The van der Waals surface area contributed by atoms with Gasteiger partial charge in [-0.25, -0.2) is 18.4 Å². The molecule has 1 N–H and O–H groups in total. The Labute approximate surface area is 173 Å². The van der Waals surface area contributed by atoms with Crippen molar-refractivity contribution in [2.45, 2.75) is 11.8 Å². The highest BCUT2D eigenvalue weighted by molar-refractivity contribution is 8.37. The highest BCUT2D eigenvalue weighted by Gasteiger charge is 2.14. The highest BCUT2D eigenvalue weighted by Crippen LogP contribution is 2.37. The Balaban J connectivity index is 1.57. The fraction of sp³-hybridized carbons (Fsp3) is 0.0526. The third kappa shape index (κ3) is 4.15. The summed E-state index contributed by atoms with van der Waals surface area (Å²) in [6, 6.07) is 16.7. The molecule has 0 amide bonds. The summed E-state index contributed by atoms with van der Waals surface area (Å²) in [6.07, 6.45) is 0. The lowest BCUT2D eigenvalue weighted by Crippen LogP contribution is -1.92. The van der Waals surface area contributed by atoms with Gasteiger partial charge in [-0.3, -0.25) is 0 Å². The molecule has 4 rings (SSSR count). The van der Waals surface area contributed by atoms with Crippen molar-refractivity contribution in [3.05, 3.63) is 65.7 Å². The third-order valence-electron chi connectivity index (χ3n) is 4.00. The van der Waals surface area contributed by atoms with Gasteiger partial charge in [0.25, 0.3) is 0 Å². The van der Waals surface area contributed by atoms with Gasteiger partial charge in [0.15, 0.2) is 14.6 Å². The first-order valence-electron chi connectivity index (χ1n) is 8.29. The number of nitrogens with zero attached hydrogens (tertiary/aromatic N) is 2. The predicted octanol–water partition coefficient (Wildman–Crippen LogP) is 5.55. The molecule has 1 unspecified atom stereocenters. The monoisotopic (exact) mass is 445 g/mol. The number of rotatable bonds is 5. The molecule has 2 heterocycles. The Morgan fingerprint density at radius 3 is 2.39 bits per heavy atom. The summed E-state index contributed by atoms with van der Waals surface area (Å²) in [7, 11) is -1.43. The molecule has 0 aliphatic rings. The summed E-state index contributed by atoms with van der Waals surface area (Å²) in [5, 5.41) is 6.97. The first kappa shape index (κ1) is 19.2. The molecule has 0 spiro atoms. The van der Waals surface area contributed by atoms with Gasteiger partial charge in [0, 0.05) is 16.6 Å². The molecule has 142 valence electrons. The average molecular weight is 446 g/mol. The van der Waals surface area contributed by atoms with Gasteiger partial charge in [0.2, 0.25) is 0 Å². The molecule has 0 aliphatic heterocycles. The normalized spacial score (nSPS) is 11.5. The van der Waals surface area contributed by atoms with Crippen LogP contribution in [0.15, 0.2) is 64.9 Å². The summed E-state index contributed by atoms with van der Waals surface area (Å²) in [4.78, 5) is 10.6. The first-order valence-corrected chi connectivity index (χ1v) is 12.9. The fourth-order valence-corrected chi connectivity index (χ4v) is 5.56. The number of nitrogens with one attached hydrogen (secondary N) is 1. The number of hydrogen-bond acceptors (Lipinski definition) is 7. The smallest absolute Gasteiger partial charge is 0.189 e. The Morgan fingerprint density at radius 2 is 1.71 bits per heavy atom. The zero-order chi connectivity index (χ0) is 19.7. The zero-order valence-corrected chi connectivity index (χ0v) is 18.4. The number of thiazole rings is 2. The quantitative estimate of drug-likeness (QED) is 0.408. The largest absolute Gasteiger partial charge is 0.332 e. The number of anilines is 2. The maximum Gasteiger partial charge on any atom is 0.189 e. The molecule has 0 fully saturated rings. The topological polar surface area (TPSA) is 72.0 Å². The molecular formula is C19H16N3O2PS3. The minimum Gasteiger partial charge on any atom is -0.332 e. The van der Waals surface area contributed by atoms with E-state index in [1.165, 1.54) is 11.3 Å². The van der Waals surface area contributed by atoms with Crippen LogP contribution in [0.25, 0.3) is 21.1 Å².